The average Bonchev–Trinajstić information content (AvgIpc) is 2.65. The lowest BCUT2D eigenvalue weighted by Gasteiger charge is -2.34. The van der Waals surface area contributed by atoms with E-state index in [2.05, 4.69) is 0 Å². The molecule has 1 aliphatic rings. The highest BCUT2D eigenvalue weighted by molar-refractivity contribution is 5.77. The highest BCUT2D eigenvalue weighted by Crippen LogP contribution is 2.24. The van der Waals surface area contributed by atoms with Crippen molar-refractivity contribution in [3.05, 3.63) is 47.0 Å². The Morgan fingerprint density at radius 3 is 2.75 bits per heavy atom. The third-order valence-corrected chi connectivity index (χ3v) is 5.42. The van der Waals surface area contributed by atoms with Crippen LogP contribution in [0, 0.1) is 13.8 Å². The maximum atomic E-state index is 12.4. The van der Waals surface area contributed by atoms with Crippen LogP contribution in [-0.2, 0) is 9.59 Å². The number of hydrogen-bond donors (Lipinski definition) is 2. The van der Waals surface area contributed by atoms with Crippen molar-refractivity contribution in [1.82, 2.24) is 4.90 Å². The summed E-state index contributed by atoms with van der Waals surface area (Å²) in [5.74, 6) is -0.577. The number of likely N-dealkylation sites (tertiary alicyclic amines) is 1. The summed E-state index contributed by atoms with van der Waals surface area (Å²) >= 11 is 0. The van der Waals surface area contributed by atoms with E-state index >= 15 is 0 Å². The molecule has 28 heavy (non-hydrogen) atoms. The molecule has 154 valence electrons. The van der Waals surface area contributed by atoms with Crippen LogP contribution < -0.4 is 0 Å². The van der Waals surface area contributed by atoms with Crippen LogP contribution in [0.25, 0.3) is 0 Å². The Balaban J connectivity index is 1.91. The molecular weight excluding hydrogens is 354 g/mol. The van der Waals surface area contributed by atoms with Gasteiger partial charge in [0, 0.05) is 19.4 Å². The lowest BCUT2D eigenvalue weighted by molar-refractivity contribution is -0.137. The van der Waals surface area contributed by atoms with Crippen molar-refractivity contribution in [2.24, 2.45) is 0 Å². The number of aliphatic carboxylic acids is 1. The molecule has 0 radical (unpaired) electrons. The highest BCUT2D eigenvalue weighted by Gasteiger charge is 2.25. The van der Waals surface area contributed by atoms with E-state index in [0.29, 0.717) is 19.4 Å². The molecule has 1 aliphatic heterocycles. The van der Waals surface area contributed by atoms with E-state index < -0.39 is 12.1 Å². The van der Waals surface area contributed by atoms with Crippen molar-refractivity contribution < 1.29 is 19.8 Å². The minimum atomic E-state index is -0.751. The van der Waals surface area contributed by atoms with Crippen molar-refractivity contribution in [1.29, 1.82) is 0 Å². The molecule has 0 aliphatic carbocycles. The largest absolute Gasteiger partial charge is 0.481 e. The number of amides is 1. The number of carboxylic acids is 1. The molecule has 0 spiro atoms. The van der Waals surface area contributed by atoms with E-state index in [1.54, 1.807) is 0 Å². The van der Waals surface area contributed by atoms with E-state index in [1.165, 1.54) is 0 Å². The smallest absolute Gasteiger partial charge is 0.303 e. The number of benzene rings is 1. The maximum Gasteiger partial charge on any atom is 0.303 e. The number of unbranched alkanes of at least 4 members (excludes halogenated alkanes) is 3. The van der Waals surface area contributed by atoms with Gasteiger partial charge in [0.05, 0.1) is 12.1 Å². The van der Waals surface area contributed by atoms with E-state index in [4.69, 9.17) is 5.11 Å². The normalized spacial score (nSPS) is 18.6. The van der Waals surface area contributed by atoms with Gasteiger partial charge in [-0.05, 0) is 50.7 Å². The Bertz CT molecular complexity index is 698. The van der Waals surface area contributed by atoms with E-state index in [9.17, 15) is 14.7 Å². The molecular formula is C23H33NO4. The first-order valence-electron chi connectivity index (χ1n) is 10.3. The number of carboxylic acid groups (broad SMARTS) is 1. The number of carbonyl (C=O) groups is 2. The second-order valence-electron chi connectivity index (χ2n) is 7.79. The number of aliphatic hydroxyl groups excluding tert-OH is 1. The number of hydrogen-bond acceptors (Lipinski definition) is 3. The van der Waals surface area contributed by atoms with Crippen LogP contribution in [0.3, 0.4) is 0 Å². The van der Waals surface area contributed by atoms with E-state index in [1.807, 2.05) is 49.1 Å². The summed E-state index contributed by atoms with van der Waals surface area (Å²) in [6.07, 6.45) is 9.09. The zero-order valence-electron chi connectivity index (χ0n) is 17.1. The Morgan fingerprint density at radius 2 is 2.00 bits per heavy atom. The number of carbonyl (C=O) groups excluding carboxylic acids is 1. The molecule has 1 aromatic rings. The van der Waals surface area contributed by atoms with Crippen molar-refractivity contribution in [2.75, 3.05) is 6.54 Å². The minimum absolute atomic E-state index is 0.0278. The first-order valence-corrected chi connectivity index (χ1v) is 10.3. The summed E-state index contributed by atoms with van der Waals surface area (Å²) in [5, 5.41) is 19.3. The van der Waals surface area contributed by atoms with Crippen LogP contribution >= 0.6 is 0 Å². The maximum absolute atomic E-state index is 12.4. The zero-order valence-corrected chi connectivity index (χ0v) is 17.1. The Kier molecular flexibility index (Phi) is 8.71. The predicted molar refractivity (Wildman–Crippen MR) is 110 cm³/mol. The van der Waals surface area contributed by atoms with Gasteiger partial charge in [-0.25, -0.2) is 0 Å². The Labute approximate surface area is 168 Å². The van der Waals surface area contributed by atoms with Crippen LogP contribution in [-0.4, -0.2) is 39.6 Å². The fraction of sp³-hybridized carbons (Fsp3) is 0.565. The molecule has 5 heteroatoms. The summed E-state index contributed by atoms with van der Waals surface area (Å²) in [4.78, 5) is 24.9. The number of aliphatic hydroxyl groups is 1. The van der Waals surface area contributed by atoms with Gasteiger partial charge in [0.15, 0.2) is 0 Å². The second kappa shape index (κ2) is 11.0. The molecule has 2 atom stereocenters. The number of nitrogens with zero attached hydrogens (tertiary/aromatic N) is 1. The summed E-state index contributed by atoms with van der Waals surface area (Å²) in [5.41, 5.74) is 3.08. The van der Waals surface area contributed by atoms with Gasteiger partial charge in [0.2, 0.25) is 5.91 Å². The van der Waals surface area contributed by atoms with Crippen molar-refractivity contribution in [3.63, 3.8) is 0 Å². The predicted octanol–water partition coefficient (Wildman–Crippen LogP) is 4.31. The standard InChI is InChI=1S/C23H33NO4/c1-17-11-12-18(2)20(16-17)21(25)14-13-19-8-7-9-22(26)24(19)15-6-4-3-5-10-23(27)28/h11-14,16,19,21,25H,3-10,15H2,1-2H3,(H,27,28)/t19-,21?/m1/s1. The Morgan fingerprint density at radius 1 is 1.25 bits per heavy atom. The molecule has 1 heterocycles. The van der Waals surface area contributed by atoms with Crippen molar-refractivity contribution in [3.8, 4) is 0 Å². The van der Waals surface area contributed by atoms with Crippen LogP contribution in [0.15, 0.2) is 30.4 Å². The number of rotatable bonds is 10. The zero-order chi connectivity index (χ0) is 20.5. The highest BCUT2D eigenvalue weighted by atomic mass is 16.4. The van der Waals surface area contributed by atoms with Gasteiger partial charge in [-0.3, -0.25) is 9.59 Å². The number of piperidine rings is 1. The average molecular weight is 388 g/mol. The molecule has 1 aromatic carbocycles. The van der Waals surface area contributed by atoms with Crippen molar-refractivity contribution >= 4 is 11.9 Å². The lowest BCUT2D eigenvalue weighted by atomic mass is 9.97. The summed E-state index contributed by atoms with van der Waals surface area (Å²) in [7, 11) is 0. The lowest BCUT2D eigenvalue weighted by Crippen LogP contribution is -2.43. The molecule has 1 amide bonds. The van der Waals surface area contributed by atoms with Gasteiger partial charge in [0.1, 0.15) is 0 Å². The molecule has 5 nitrogen and oxygen atoms in total. The fourth-order valence-corrected chi connectivity index (χ4v) is 3.77. The summed E-state index contributed by atoms with van der Waals surface area (Å²) in [6, 6.07) is 6.08. The van der Waals surface area contributed by atoms with Crippen LogP contribution in [0.4, 0.5) is 0 Å². The topological polar surface area (TPSA) is 77.8 Å². The summed E-state index contributed by atoms with van der Waals surface area (Å²) in [6.45, 7) is 4.70. The molecule has 0 aromatic heterocycles. The van der Waals surface area contributed by atoms with E-state index in [-0.39, 0.29) is 18.4 Å². The van der Waals surface area contributed by atoms with Gasteiger partial charge >= 0.3 is 5.97 Å². The van der Waals surface area contributed by atoms with E-state index in [0.717, 1.165) is 48.8 Å². The third-order valence-electron chi connectivity index (χ3n) is 5.42. The van der Waals surface area contributed by atoms with Gasteiger partial charge in [-0.15, -0.1) is 0 Å². The van der Waals surface area contributed by atoms with Crippen molar-refractivity contribution in [2.45, 2.75) is 77.4 Å². The molecule has 1 saturated heterocycles. The second-order valence-corrected chi connectivity index (χ2v) is 7.79. The molecule has 2 rings (SSSR count). The van der Waals surface area contributed by atoms with Crippen LogP contribution in [0.1, 0.15) is 74.2 Å². The minimum Gasteiger partial charge on any atom is -0.481 e. The first-order chi connectivity index (χ1) is 13.4. The first kappa shape index (κ1) is 22.2. The monoisotopic (exact) mass is 387 g/mol. The number of aryl methyl sites for hydroxylation is 2. The van der Waals surface area contributed by atoms with Crippen LogP contribution in [0.5, 0.6) is 0 Å². The van der Waals surface area contributed by atoms with Gasteiger partial charge < -0.3 is 15.1 Å². The fourth-order valence-electron chi connectivity index (χ4n) is 3.77. The Hall–Kier alpha value is -2.14. The van der Waals surface area contributed by atoms with Gasteiger partial charge in [-0.1, -0.05) is 48.8 Å². The van der Waals surface area contributed by atoms with Crippen LogP contribution in [0.2, 0.25) is 0 Å². The molecule has 1 unspecified atom stereocenters. The summed E-state index contributed by atoms with van der Waals surface area (Å²) < 4.78 is 0. The van der Waals surface area contributed by atoms with Gasteiger partial charge in [-0.2, -0.15) is 0 Å². The molecule has 0 saturated carbocycles. The quantitative estimate of drug-likeness (QED) is 0.463. The molecule has 1 fully saturated rings. The molecule has 2 N–H and O–H groups in total. The van der Waals surface area contributed by atoms with Gasteiger partial charge in [0.25, 0.3) is 0 Å². The SMILES string of the molecule is Cc1ccc(C)c(C(O)C=C[C@H]2CCCC(=O)N2CCCCCCC(=O)O)c1. The third kappa shape index (κ3) is 6.79. The molecule has 0 bridgehead atoms.